The Morgan fingerprint density at radius 2 is 2.07 bits per heavy atom. The number of hydrogen-bond donors (Lipinski definition) is 2. The number of pyridine rings is 1. The van der Waals surface area contributed by atoms with E-state index in [0.717, 1.165) is 23.5 Å². The molecule has 0 saturated heterocycles. The molecule has 1 aromatic rings. The first-order valence-corrected chi connectivity index (χ1v) is 5.14. The van der Waals surface area contributed by atoms with Crippen molar-refractivity contribution >= 4 is 5.82 Å². The maximum Gasteiger partial charge on any atom is 0.128 e. The standard InChI is InChI=1S/C11H18N2O2/c1-3-10-6-9(8-15)7-11(12-10)13(2)4-5-14/h6-7,14-15H,3-5,8H2,1-2H3. The van der Waals surface area contributed by atoms with Crippen LogP contribution in [0.15, 0.2) is 12.1 Å². The average Bonchev–Trinajstić information content (AvgIpc) is 2.28. The third-order valence-electron chi connectivity index (χ3n) is 2.30. The largest absolute Gasteiger partial charge is 0.395 e. The van der Waals surface area contributed by atoms with Crippen LogP contribution in [0.1, 0.15) is 18.2 Å². The van der Waals surface area contributed by atoms with Gasteiger partial charge >= 0.3 is 0 Å². The first kappa shape index (κ1) is 11.9. The molecule has 1 aromatic heterocycles. The number of rotatable bonds is 5. The smallest absolute Gasteiger partial charge is 0.128 e. The van der Waals surface area contributed by atoms with E-state index in [1.807, 2.05) is 31.0 Å². The molecule has 1 heterocycles. The minimum Gasteiger partial charge on any atom is -0.395 e. The molecule has 0 fully saturated rings. The summed E-state index contributed by atoms with van der Waals surface area (Å²) >= 11 is 0. The van der Waals surface area contributed by atoms with Gasteiger partial charge in [0.2, 0.25) is 0 Å². The van der Waals surface area contributed by atoms with Crippen molar-refractivity contribution in [3.63, 3.8) is 0 Å². The molecule has 0 unspecified atom stereocenters. The highest BCUT2D eigenvalue weighted by Gasteiger charge is 2.05. The van der Waals surface area contributed by atoms with Crippen LogP contribution in [0.4, 0.5) is 5.82 Å². The zero-order chi connectivity index (χ0) is 11.3. The Labute approximate surface area is 90.2 Å². The van der Waals surface area contributed by atoms with E-state index in [-0.39, 0.29) is 13.2 Å². The molecular weight excluding hydrogens is 192 g/mol. The van der Waals surface area contributed by atoms with Gasteiger partial charge in [-0.05, 0) is 24.1 Å². The Hall–Kier alpha value is -1.13. The maximum absolute atomic E-state index is 9.10. The molecule has 0 aliphatic carbocycles. The number of aryl methyl sites for hydroxylation is 1. The number of aromatic nitrogens is 1. The summed E-state index contributed by atoms with van der Waals surface area (Å²) in [6, 6.07) is 3.74. The van der Waals surface area contributed by atoms with E-state index < -0.39 is 0 Å². The number of likely N-dealkylation sites (N-methyl/N-ethyl adjacent to an activating group) is 1. The fourth-order valence-corrected chi connectivity index (χ4v) is 1.37. The summed E-state index contributed by atoms with van der Waals surface area (Å²) in [7, 11) is 1.87. The van der Waals surface area contributed by atoms with Crippen LogP contribution in [0, 0.1) is 0 Å². The van der Waals surface area contributed by atoms with E-state index in [9.17, 15) is 0 Å². The number of aliphatic hydroxyl groups is 2. The molecule has 2 N–H and O–H groups in total. The van der Waals surface area contributed by atoms with Crippen molar-refractivity contribution in [3.05, 3.63) is 23.4 Å². The van der Waals surface area contributed by atoms with Gasteiger partial charge in [-0.1, -0.05) is 6.92 Å². The predicted octanol–water partition coefficient (Wildman–Crippen LogP) is 0.565. The molecule has 0 aliphatic rings. The molecule has 4 heteroatoms. The van der Waals surface area contributed by atoms with Crippen molar-refractivity contribution < 1.29 is 10.2 Å². The lowest BCUT2D eigenvalue weighted by Gasteiger charge is -2.18. The Morgan fingerprint density at radius 3 is 2.60 bits per heavy atom. The molecule has 0 radical (unpaired) electrons. The van der Waals surface area contributed by atoms with Crippen molar-refractivity contribution in [1.82, 2.24) is 4.98 Å². The van der Waals surface area contributed by atoms with E-state index in [4.69, 9.17) is 10.2 Å². The van der Waals surface area contributed by atoms with Crippen LogP contribution >= 0.6 is 0 Å². The topological polar surface area (TPSA) is 56.6 Å². The summed E-state index contributed by atoms with van der Waals surface area (Å²) in [6.07, 6.45) is 0.841. The molecule has 0 aliphatic heterocycles. The first-order chi connectivity index (χ1) is 7.21. The van der Waals surface area contributed by atoms with Crippen molar-refractivity contribution in [3.8, 4) is 0 Å². The lowest BCUT2D eigenvalue weighted by atomic mass is 10.2. The second-order valence-corrected chi connectivity index (χ2v) is 3.48. The molecule has 0 spiro atoms. The van der Waals surface area contributed by atoms with E-state index in [2.05, 4.69) is 4.98 Å². The van der Waals surface area contributed by atoms with Gasteiger partial charge in [0.15, 0.2) is 0 Å². The van der Waals surface area contributed by atoms with Gasteiger partial charge in [-0.25, -0.2) is 4.98 Å². The second kappa shape index (κ2) is 5.68. The average molecular weight is 210 g/mol. The van der Waals surface area contributed by atoms with E-state index >= 15 is 0 Å². The quantitative estimate of drug-likeness (QED) is 0.746. The second-order valence-electron chi connectivity index (χ2n) is 3.48. The van der Waals surface area contributed by atoms with Crippen molar-refractivity contribution in [2.75, 3.05) is 25.1 Å². The van der Waals surface area contributed by atoms with Gasteiger partial charge in [-0.15, -0.1) is 0 Å². The van der Waals surface area contributed by atoms with Crippen molar-refractivity contribution in [1.29, 1.82) is 0 Å². The summed E-state index contributed by atoms with van der Waals surface area (Å²) in [5.41, 5.74) is 1.82. The highest BCUT2D eigenvalue weighted by Crippen LogP contribution is 2.14. The summed E-state index contributed by atoms with van der Waals surface area (Å²) in [4.78, 5) is 6.30. The zero-order valence-electron chi connectivity index (χ0n) is 9.27. The van der Waals surface area contributed by atoms with Gasteiger partial charge in [0.25, 0.3) is 0 Å². The molecular formula is C11H18N2O2. The van der Waals surface area contributed by atoms with Crippen molar-refractivity contribution in [2.24, 2.45) is 0 Å². The molecule has 84 valence electrons. The van der Waals surface area contributed by atoms with Crippen LogP contribution in [0.25, 0.3) is 0 Å². The summed E-state index contributed by atoms with van der Waals surface area (Å²) in [5, 5.41) is 17.9. The Kier molecular flexibility index (Phi) is 4.52. The third-order valence-corrected chi connectivity index (χ3v) is 2.30. The zero-order valence-corrected chi connectivity index (χ0v) is 9.27. The Balaban J connectivity index is 2.95. The van der Waals surface area contributed by atoms with Crippen molar-refractivity contribution in [2.45, 2.75) is 20.0 Å². The van der Waals surface area contributed by atoms with Crippen LogP contribution in [0.5, 0.6) is 0 Å². The number of anilines is 1. The van der Waals surface area contributed by atoms with Gasteiger partial charge in [0.1, 0.15) is 5.82 Å². The lowest BCUT2D eigenvalue weighted by molar-refractivity contribution is 0.281. The minimum atomic E-state index is 0.0233. The van der Waals surface area contributed by atoms with Crippen LogP contribution < -0.4 is 4.90 Å². The predicted molar refractivity (Wildman–Crippen MR) is 59.9 cm³/mol. The van der Waals surface area contributed by atoms with E-state index in [1.165, 1.54) is 0 Å². The van der Waals surface area contributed by atoms with Gasteiger partial charge in [0, 0.05) is 19.3 Å². The summed E-state index contributed by atoms with van der Waals surface area (Å²) in [6.45, 7) is 2.70. The Morgan fingerprint density at radius 1 is 1.33 bits per heavy atom. The van der Waals surface area contributed by atoms with Crippen LogP contribution in [0.3, 0.4) is 0 Å². The highest BCUT2D eigenvalue weighted by atomic mass is 16.3. The fourth-order valence-electron chi connectivity index (χ4n) is 1.37. The summed E-state index contributed by atoms with van der Waals surface area (Å²) < 4.78 is 0. The van der Waals surface area contributed by atoms with Gasteiger partial charge in [-0.2, -0.15) is 0 Å². The molecule has 0 saturated carbocycles. The molecule has 0 aromatic carbocycles. The molecule has 4 nitrogen and oxygen atoms in total. The maximum atomic E-state index is 9.10. The third kappa shape index (κ3) is 3.18. The molecule has 0 amide bonds. The summed E-state index contributed by atoms with van der Waals surface area (Å²) in [5.74, 6) is 0.799. The number of nitrogens with zero attached hydrogens (tertiary/aromatic N) is 2. The van der Waals surface area contributed by atoms with E-state index in [1.54, 1.807) is 0 Å². The van der Waals surface area contributed by atoms with Crippen LogP contribution in [-0.2, 0) is 13.0 Å². The van der Waals surface area contributed by atoms with Gasteiger partial charge in [-0.3, -0.25) is 0 Å². The number of hydrogen-bond acceptors (Lipinski definition) is 4. The molecule has 0 atom stereocenters. The normalized spacial score (nSPS) is 10.4. The number of aliphatic hydroxyl groups excluding tert-OH is 2. The molecule has 1 rings (SSSR count). The first-order valence-electron chi connectivity index (χ1n) is 5.14. The highest BCUT2D eigenvalue weighted by molar-refractivity contribution is 5.41. The van der Waals surface area contributed by atoms with Crippen LogP contribution in [0.2, 0.25) is 0 Å². The molecule has 0 bridgehead atoms. The van der Waals surface area contributed by atoms with Gasteiger partial charge in [0.05, 0.1) is 13.2 Å². The molecule has 15 heavy (non-hydrogen) atoms. The fraction of sp³-hybridized carbons (Fsp3) is 0.545. The monoisotopic (exact) mass is 210 g/mol. The van der Waals surface area contributed by atoms with Crippen LogP contribution in [-0.4, -0.2) is 35.4 Å². The Bertz CT molecular complexity index is 293. The minimum absolute atomic E-state index is 0.0233. The lowest BCUT2D eigenvalue weighted by Crippen LogP contribution is -2.22. The SMILES string of the molecule is CCc1cc(CO)cc(N(C)CCO)n1. The van der Waals surface area contributed by atoms with E-state index in [0.29, 0.717) is 6.54 Å². The van der Waals surface area contributed by atoms with Gasteiger partial charge < -0.3 is 15.1 Å².